The lowest BCUT2D eigenvalue weighted by Gasteiger charge is -2.30. The minimum Gasteiger partial charge on any atom is -0.493 e. The third-order valence-electron chi connectivity index (χ3n) is 6.50. The van der Waals surface area contributed by atoms with Crippen LogP contribution in [-0.4, -0.2) is 67.5 Å². The fourth-order valence-electron chi connectivity index (χ4n) is 4.49. The third kappa shape index (κ3) is 9.32. The van der Waals surface area contributed by atoms with E-state index >= 15 is 0 Å². The maximum absolute atomic E-state index is 13.5. The highest BCUT2D eigenvalue weighted by molar-refractivity contribution is 6.27. The summed E-state index contributed by atoms with van der Waals surface area (Å²) in [6, 6.07) is 18.7. The Hall–Kier alpha value is -4.44. The molecule has 0 aromatic heterocycles. The number of hydrogen-bond acceptors (Lipinski definition) is 6. The van der Waals surface area contributed by atoms with Gasteiger partial charge in [0, 0.05) is 25.7 Å². The van der Waals surface area contributed by atoms with E-state index in [-0.39, 0.29) is 11.6 Å². The van der Waals surface area contributed by atoms with Crippen LogP contribution in [0.4, 0.5) is 8.78 Å². The van der Waals surface area contributed by atoms with Gasteiger partial charge in [0.2, 0.25) is 0 Å². The second-order valence-corrected chi connectivity index (χ2v) is 9.16. The number of ether oxygens (including phenoxy) is 3. The third-order valence-corrected chi connectivity index (χ3v) is 6.50. The number of rotatable bonds is 9. The molecule has 3 aromatic carbocycles. The average Bonchev–Trinajstić information content (AvgIpc) is 2.98. The number of halogens is 2. The van der Waals surface area contributed by atoms with Gasteiger partial charge in [0.15, 0.2) is 11.5 Å². The molecule has 1 aliphatic heterocycles. The summed E-state index contributed by atoms with van der Waals surface area (Å²) in [7, 11) is 3.22. The van der Waals surface area contributed by atoms with Crippen LogP contribution in [0, 0.1) is 11.6 Å². The molecule has 41 heavy (non-hydrogen) atoms. The molecule has 0 radical (unpaired) electrons. The zero-order valence-corrected chi connectivity index (χ0v) is 22.9. The molecule has 0 aliphatic carbocycles. The second-order valence-electron chi connectivity index (χ2n) is 9.16. The first kappa shape index (κ1) is 31.1. The predicted molar refractivity (Wildman–Crippen MR) is 149 cm³/mol. The number of piperidine rings is 1. The number of carbonyl (C=O) groups is 2. The first-order chi connectivity index (χ1) is 19.7. The standard InChI is InChI=1S/C29H31F2NO3.C2H2O4/c1-33-27-13-12-26(20-28(27)34-2)35-19-3-16-32-17-14-23(15-18-32)29(21-4-8-24(30)9-5-21)22-6-10-25(31)11-7-22;3-1(4)2(5)6/h4-13,20H,3,14-19H2,1-2H3;(H,3,4)(H,5,6). The summed E-state index contributed by atoms with van der Waals surface area (Å²) in [5.41, 5.74) is 4.33. The molecule has 0 bridgehead atoms. The number of carboxylic acid groups (broad SMARTS) is 2. The van der Waals surface area contributed by atoms with Crippen LogP contribution in [0.2, 0.25) is 0 Å². The molecule has 3 aromatic rings. The molecule has 0 atom stereocenters. The van der Waals surface area contributed by atoms with Crippen molar-refractivity contribution in [1.29, 1.82) is 0 Å². The van der Waals surface area contributed by atoms with Gasteiger partial charge in [0.1, 0.15) is 17.4 Å². The van der Waals surface area contributed by atoms with Crippen LogP contribution in [0.5, 0.6) is 17.2 Å². The molecule has 1 saturated heterocycles. The summed E-state index contributed by atoms with van der Waals surface area (Å²) in [6.07, 6.45) is 2.75. The van der Waals surface area contributed by atoms with Gasteiger partial charge in [-0.3, -0.25) is 0 Å². The fourth-order valence-corrected chi connectivity index (χ4v) is 4.49. The zero-order chi connectivity index (χ0) is 29.8. The Balaban J connectivity index is 0.000000696. The van der Waals surface area contributed by atoms with E-state index < -0.39 is 11.9 Å². The van der Waals surface area contributed by atoms with E-state index in [1.54, 1.807) is 38.5 Å². The molecule has 0 amide bonds. The molecule has 218 valence electrons. The molecular formula is C31H33F2NO7. The Morgan fingerprint density at radius 2 is 1.29 bits per heavy atom. The largest absolute Gasteiger partial charge is 0.493 e. The molecule has 4 rings (SSSR count). The highest BCUT2D eigenvalue weighted by Gasteiger charge is 2.19. The Kier molecular flexibility index (Phi) is 11.7. The Morgan fingerprint density at radius 3 is 1.76 bits per heavy atom. The predicted octanol–water partition coefficient (Wildman–Crippen LogP) is 5.50. The van der Waals surface area contributed by atoms with Crippen molar-refractivity contribution in [3.8, 4) is 17.2 Å². The van der Waals surface area contributed by atoms with Gasteiger partial charge in [-0.25, -0.2) is 18.4 Å². The molecule has 0 spiro atoms. The summed E-state index contributed by atoms with van der Waals surface area (Å²) in [5, 5.41) is 14.8. The molecular weight excluding hydrogens is 536 g/mol. The van der Waals surface area contributed by atoms with Crippen molar-refractivity contribution in [3.05, 3.63) is 95.1 Å². The molecule has 10 heteroatoms. The van der Waals surface area contributed by atoms with E-state index in [1.165, 1.54) is 29.8 Å². The van der Waals surface area contributed by atoms with Crippen LogP contribution in [0.15, 0.2) is 72.3 Å². The molecule has 8 nitrogen and oxygen atoms in total. The van der Waals surface area contributed by atoms with Crippen molar-refractivity contribution >= 4 is 17.5 Å². The number of benzene rings is 3. The maximum Gasteiger partial charge on any atom is 0.414 e. The number of likely N-dealkylation sites (tertiary alicyclic amines) is 1. The summed E-state index contributed by atoms with van der Waals surface area (Å²) < 4.78 is 43.6. The van der Waals surface area contributed by atoms with E-state index in [0.717, 1.165) is 61.3 Å². The summed E-state index contributed by atoms with van der Waals surface area (Å²) in [5.74, 6) is -2.08. The monoisotopic (exact) mass is 569 g/mol. The van der Waals surface area contributed by atoms with Crippen molar-refractivity contribution < 1.29 is 42.8 Å². The summed E-state index contributed by atoms with van der Waals surface area (Å²) in [4.78, 5) is 20.6. The normalized spacial score (nSPS) is 13.0. The molecule has 0 saturated carbocycles. The Labute approximate surface area is 237 Å². The molecule has 1 fully saturated rings. The van der Waals surface area contributed by atoms with Crippen molar-refractivity contribution in [1.82, 2.24) is 4.90 Å². The van der Waals surface area contributed by atoms with Crippen molar-refractivity contribution in [2.75, 3.05) is 40.5 Å². The number of methoxy groups -OCH3 is 2. The van der Waals surface area contributed by atoms with E-state index in [9.17, 15) is 8.78 Å². The van der Waals surface area contributed by atoms with Crippen molar-refractivity contribution in [2.45, 2.75) is 19.3 Å². The van der Waals surface area contributed by atoms with Gasteiger partial charge in [0.25, 0.3) is 0 Å². The SMILES string of the molecule is COc1ccc(OCCCN2CCC(=C(c3ccc(F)cc3)c3ccc(F)cc3)CC2)cc1OC.O=C(O)C(=O)O. The van der Waals surface area contributed by atoms with Gasteiger partial charge >= 0.3 is 11.9 Å². The minimum absolute atomic E-state index is 0.262. The lowest BCUT2D eigenvalue weighted by molar-refractivity contribution is -0.159. The van der Waals surface area contributed by atoms with Crippen molar-refractivity contribution in [3.63, 3.8) is 0 Å². The van der Waals surface area contributed by atoms with E-state index in [0.29, 0.717) is 18.1 Å². The lowest BCUT2D eigenvalue weighted by Crippen LogP contribution is -2.32. The van der Waals surface area contributed by atoms with E-state index in [2.05, 4.69) is 4.90 Å². The first-order valence-corrected chi connectivity index (χ1v) is 13.0. The van der Waals surface area contributed by atoms with Crippen LogP contribution in [0.1, 0.15) is 30.4 Å². The van der Waals surface area contributed by atoms with Crippen molar-refractivity contribution in [2.24, 2.45) is 0 Å². The van der Waals surface area contributed by atoms with Gasteiger partial charge in [-0.05, 0) is 72.4 Å². The highest BCUT2D eigenvalue weighted by Crippen LogP contribution is 2.33. The van der Waals surface area contributed by atoms with E-state index in [1.807, 2.05) is 18.2 Å². The van der Waals surface area contributed by atoms with Gasteiger partial charge in [-0.1, -0.05) is 29.8 Å². The fraction of sp³-hybridized carbons (Fsp3) is 0.290. The maximum atomic E-state index is 13.5. The molecule has 1 aliphatic rings. The number of aliphatic carboxylic acids is 2. The summed E-state index contributed by atoms with van der Waals surface area (Å²) >= 11 is 0. The van der Waals surface area contributed by atoms with Crippen LogP contribution in [-0.2, 0) is 9.59 Å². The number of carboxylic acids is 2. The molecule has 0 unspecified atom stereocenters. The van der Waals surface area contributed by atoms with E-state index in [4.69, 9.17) is 34.0 Å². The van der Waals surface area contributed by atoms with Crippen LogP contribution in [0.3, 0.4) is 0 Å². The van der Waals surface area contributed by atoms with Crippen LogP contribution in [0.25, 0.3) is 5.57 Å². The smallest absolute Gasteiger partial charge is 0.414 e. The van der Waals surface area contributed by atoms with Gasteiger partial charge < -0.3 is 29.3 Å². The van der Waals surface area contributed by atoms with Gasteiger partial charge in [-0.15, -0.1) is 0 Å². The minimum atomic E-state index is -1.82. The topological polar surface area (TPSA) is 106 Å². The average molecular weight is 570 g/mol. The number of nitrogens with zero attached hydrogens (tertiary/aromatic N) is 1. The van der Waals surface area contributed by atoms with Gasteiger partial charge in [-0.2, -0.15) is 0 Å². The van der Waals surface area contributed by atoms with Gasteiger partial charge in [0.05, 0.1) is 20.8 Å². The Bertz CT molecular complexity index is 1270. The zero-order valence-electron chi connectivity index (χ0n) is 22.9. The number of hydrogen-bond donors (Lipinski definition) is 2. The molecule has 1 heterocycles. The highest BCUT2D eigenvalue weighted by atomic mass is 19.1. The summed E-state index contributed by atoms with van der Waals surface area (Å²) in [6.45, 7) is 3.45. The van der Waals surface area contributed by atoms with Crippen LogP contribution < -0.4 is 14.2 Å². The molecule has 2 N–H and O–H groups in total. The Morgan fingerprint density at radius 1 is 0.780 bits per heavy atom. The van der Waals surface area contributed by atoms with Crippen LogP contribution >= 0.6 is 0 Å². The second kappa shape index (κ2) is 15.4. The lowest BCUT2D eigenvalue weighted by atomic mass is 9.88. The first-order valence-electron chi connectivity index (χ1n) is 13.0. The quantitative estimate of drug-likeness (QED) is 0.257.